The second-order valence-electron chi connectivity index (χ2n) is 5.24. The first-order valence-corrected chi connectivity index (χ1v) is 6.91. The molecule has 2 aromatic rings. The highest BCUT2D eigenvalue weighted by Gasteiger charge is 2.21. The fourth-order valence-electron chi connectivity index (χ4n) is 2.76. The maximum Gasteiger partial charge on any atom is 0.198 e. The third-order valence-electron chi connectivity index (χ3n) is 3.73. The normalized spacial score (nSPS) is 13.9. The summed E-state index contributed by atoms with van der Waals surface area (Å²) in [6.07, 6.45) is 5.18. The molecule has 0 amide bonds. The van der Waals surface area contributed by atoms with E-state index in [2.05, 4.69) is 30.1 Å². The number of anilines is 2. The number of nitrogens with zero attached hydrogens (tertiary/aromatic N) is 3. The van der Waals surface area contributed by atoms with Gasteiger partial charge in [-0.25, -0.2) is 4.98 Å². The molecule has 0 bridgehead atoms. The molecule has 0 atom stereocenters. The van der Waals surface area contributed by atoms with E-state index in [-0.39, 0.29) is 11.4 Å². The highest BCUT2D eigenvalue weighted by atomic mass is 15.2. The van der Waals surface area contributed by atoms with Crippen molar-refractivity contribution in [3.8, 4) is 0 Å². The molecule has 0 saturated heterocycles. The first-order chi connectivity index (χ1) is 10.1. The summed E-state index contributed by atoms with van der Waals surface area (Å²) < 4.78 is 1.32. The first kappa shape index (κ1) is 13.4. The largest absolute Gasteiger partial charge is 0.369 e. The van der Waals surface area contributed by atoms with Gasteiger partial charge in [-0.1, -0.05) is 17.7 Å². The van der Waals surface area contributed by atoms with Crippen molar-refractivity contribution in [3.63, 3.8) is 0 Å². The van der Waals surface area contributed by atoms with Crippen molar-refractivity contribution < 1.29 is 0 Å². The number of nitrogen functional groups attached to an aromatic ring is 1. The van der Waals surface area contributed by atoms with Crippen LogP contribution in [0.1, 0.15) is 17.5 Å². The minimum absolute atomic E-state index is 0.137. The lowest BCUT2D eigenvalue weighted by Crippen LogP contribution is -2.38. The minimum Gasteiger partial charge on any atom is -0.369 e. The van der Waals surface area contributed by atoms with Crippen LogP contribution in [0.25, 0.3) is 0 Å². The fourth-order valence-corrected chi connectivity index (χ4v) is 2.76. The Hall–Kier alpha value is -2.63. The molecule has 6 heteroatoms. The van der Waals surface area contributed by atoms with Gasteiger partial charge in [-0.15, -0.1) is 0 Å². The number of nitrogens with one attached hydrogen (secondary N) is 2. The lowest BCUT2D eigenvalue weighted by atomic mass is 9.99. The van der Waals surface area contributed by atoms with Crippen molar-refractivity contribution in [2.75, 3.05) is 11.4 Å². The fraction of sp³-hybridized carbons (Fsp3) is 0.267. The summed E-state index contributed by atoms with van der Waals surface area (Å²) in [5, 5.41) is 15.8. The Labute approximate surface area is 122 Å². The summed E-state index contributed by atoms with van der Waals surface area (Å²) in [5.74, 6) is 0.363. The molecule has 3 rings (SSSR count). The molecule has 0 saturated carbocycles. The smallest absolute Gasteiger partial charge is 0.198 e. The molecule has 0 fully saturated rings. The van der Waals surface area contributed by atoms with E-state index in [4.69, 9.17) is 16.6 Å². The Balaban J connectivity index is 2.14. The van der Waals surface area contributed by atoms with E-state index in [9.17, 15) is 0 Å². The van der Waals surface area contributed by atoms with Gasteiger partial charge in [-0.3, -0.25) is 15.4 Å². The van der Waals surface area contributed by atoms with Crippen molar-refractivity contribution in [1.82, 2.24) is 9.55 Å². The number of hydrogen-bond acceptors (Lipinski definition) is 4. The summed E-state index contributed by atoms with van der Waals surface area (Å²) in [6.45, 7) is 2.90. The van der Waals surface area contributed by atoms with Crippen LogP contribution in [0.2, 0.25) is 0 Å². The third kappa shape index (κ3) is 2.29. The van der Waals surface area contributed by atoms with Crippen LogP contribution < -0.4 is 16.1 Å². The molecule has 1 aliphatic heterocycles. The maximum absolute atomic E-state index is 8.23. The zero-order chi connectivity index (χ0) is 15.0. The number of nitrogens with two attached hydrogens (primary N) is 1. The minimum atomic E-state index is -0.176. The molecular formula is C15H18N6. The Kier molecular flexibility index (Phi) is 3.21. The van der Waals surface area contributed by atoms with Gasteiger partial charge in [0.2, 0.25) is 0 Å². The molecule has 4 N–H and O–H groups in total. The number of fused-ring (bicyclic) bond motifs is 1. The van der Waals surface area contributed by atoms with Crippen LogP contribution in [0, 0.1) is 17.7 Å². The molecular weight excluding hydrogens is 264 g/mol. The summed E-state index contributed by atoms with van der Waals surface area (Å²) in [5.41, 5.74) is 9.25. The molecule has 0 radical (unpaired) electrons. The molecule has 108 valence electrons. The molecule has 1 aromatic carbocycles. The first-order valence-electron chi connectivity index (χ1n) is 6.91. The molecule has 2 heterocycles. The molecule has 0 unspecified atom stereocenters. The van der Waals surface area contributed by atoms with Gasteiger partial charge in [0, 0.05) is 24.6 Å². The van der Waals surface area contributed by atoms with Gasteiger partial charge in [-0.05, 0) is 31.4 Å². The highest BCUT2D eigenvalue weighted by molar-refractivity contribution is 5.77. The van der Waals surface area contributed by atoms with E-state index in [0.29, 0.717) is 5.82 Å². The van der Waals surface area contributed by atoms with Gasteiger partial charge >= 0.3 is 0 Å². The van der Waals surface area contributed by atoms with Crippen LogP contribution in [-0.4, -0.2) is 22.1 Å². The standard InChI is InChI=1S/C15H18N6/c1-10-4-5-12-11(9-10)3-2-7-20(12)14-13(16)21(15(17)18)8-6-19-14/h4-6,8-9,16H,2-3,7H2,1H3,(H3,17,18). The van der Waals surface area contributed by atoms with Crippen molar-refractivity contribution in [3.05, 3.63) is 47.2 Å². The molecule has 1 aliphatic rings. The summed E-state index contributed by atoms with van der Waals surface area (Å²) in [6, 6.07) is 6.34. The van der Waals surface area contributed by atoms with Crippen molar-refractivity contribution in [2.24, 2.45) is 5.73 Å². The number of hydrogen-bond donors (Lipinski definition) is 3. The van der Waals surface area contributed by atoms with Gasteiger partial charge in [0.05, 0.1) is 0 Å². The molecule has 6 nitrogen and oxygen atoms in total. The van der Waals surface area contributed by atoms with Gasteiger partial charge in [0.15, 0.2) is 17.3 Å². The number of rotatable bonds is 1. The second kappa shape index (κ2) is 5.05. The van der Waals surface area contributed by atoms with Crippen LogP contribution in [0.15, 0.2) is 30.6 Å². The van der Waals surface area contributed by atoms with E-state index in [0.717, 1.165) is 25.1 Å². The van der Waals surface area contributed by atoms with Gasteiger partial charge in [-0.2, -0.15) is 0 Å². The van der Waals surface area contributed by atoms with Crippen molar-refractivity contribution >= 4 is 17.5 Å². The van der Waals surface area contributed by atoms with E-state index in [1.807, 2.05) is 4.90 Å². The van der Waals surface area contributed by atoms with Gasteiger partial charge < -0.3 is 10.6 Å². The zero-order valence-corrected chi connectivity index (χ0v) is 11.9. The maximum atomic E-state index is 8.23. The predicted octanol–water partition coefficient (Wildman–Crippen LogP) is 1.50. The Morgan fingerprint density at radius 3 is 2.95 bits per heavy atom. The summed E-state index contributed by atoms with van der Waals surface area (Å²) in [4.78, 5) is 6.37. The highest BCUT2D eigenvalue weighted by Crippen LogP contribution is 2.31. The number of aromatic nitrogens is 2. The van der Waals surface area contributed by atoms with Crippen LogP contribution in [0.3, 0.4) is 0 Å². The van der Waals surface area contributed by atoms with E-state index in [1.165, 1.54) is 21.9 Å². The van der Waals surface area contributed by atoms with E-state index in [1.54, 1.807) is 6.20 Å². The quantitative estimate of drug-likeness (QED) is 0.546. The van der Waals surface area contributed by atoms with Crippen LogP contribution >= 0.6 is 0 Å². The van der Waals surface area contributed by atoms with E-state index < -0.39 is 0 Å². The van der Waals surface area contributed by atoms with E-state index >= 15 is 0 Å². The average molecular weight is 282 g/mol. The SMILES string of the molecule is Cc1ccc2c(c1)CCCN2c1nccn(C(=N)N)c1=N. The average Bonchev–Trinajstić information content (AvgIpc) is 2.46. The topological polar surface area (TPSA) is 94.8 Å². The molecule has 21 heavy (non-hydrogen) atoms. The summed E-state index contributed by atoms with van der Waals surface area (Å²) >= 11 is 0. The number of aryl methyl sites for hydroxylation is 2. The van der Waals surface area contributed by atoms with Crippen LogP contribution in [-0.2, 0) is 6.42 Å². The zero-order valence-electron chi connectivity index (χ0n) is 11.9. The van der Waals surface area contributed by atoms with Crippen molar-refractivity contribution in [1.29, 1.82) is 10.8 Å². The monoisotopic (exact) mass is 282 g/mol. The molecule has 1 aromatic heterocycles. The molecule has 0 aliphatic carbocycles. The lowest BCUT2D eigenvalue weighted by Gasteiger charge is -2.30. The van der Waals surface area contributed by atoms with Crippen molar-refractivity contribution in [2.45, 2.75) is 19.8 Å². The molecule has 0 spiro atoms. The Bertz CT molecular complexity index is 761. The third-order valence-corrected chi connectivity index (χ3v) is 3.73. The Morgan fingerprint density at radius 2 is 2.19 bits per heavy atom. The Morgan fingerprint density at radius 1 is 1.38 bits per heavy atom. The second-order valence-corrected chi connectivity index (χ2v) is 5.24. The summed E-state index contributed by atoms with van der Waals surface area (Å²) in [7, 11) is 0. The van der Waals surface area contributed by atoms with Gasteiger partial charge in [0.1, 0.15) is 0 Å². The van der Waals surface area contributed by atoms with Crippen LogP contribution in [0.5, 0.6) is 0 Å². The van der Waals surface area contributed by atoms with Gasteiger partial charge in [0.25, 0.3) is 0 Å². The van der Waals surface area contributed by atoms with Crippen LogP contribution in [0.4, 0.5) is 11.5 Å². The number of benzene rings is 1. The predicted molar refractivity (Wildman–Crippen MR) is 81.9 cm³/mol. The lowest BCUT2D eigenvalue weighted by molar-refractivity contribution is 0.746.